The molecule has 1 heterocycles. The van der Waals surface area contributed by atoms with Gasteiger partial charge in [-0.15, -0.1) is 0 Å². The molecule has 1 nitrogen and oxygen atoms in total. The molecular weight excluding hydrogens is 314 g/mol. The smallest absolute Gasteiger partial charge is 0.0798 e. The van der Waals surface area contributed by atoms with Gasteiger partial charge in [0, 0.05) is 16.8 Å². The molecule has 0 N–H and O–H groups in total. The van der Waals surface area contributed by atoms with Gasteiger partial charge < -0.3 is 4.90 Å². The molecule has 4 bridgehead atoms. The SMILES string of the molecule is [CH2][C]1N(c2ccccc2C)c2ccccc2C12C1CC3CC(C1)CC2C3. The van der Waals surface area contributed by atoms with E-state index in [9.17, 15) is 0 Å². The van der Waals surface area contributed by atoms with Crippen LogP contribution in [-0.2, 0) is 5.41 Å². The molecule has 1 aliphatic heterocycles. The van der Waals surface area contributed by atoms with E-state index < -0.39 is 0 Å². The third-order valence-corrected chi connectivity index (χ3v) is 8.12. The number of aryl methyl sites for hydroxylation is 1. The van der Waals surface area contributed by atoms with Crippen molar-refractivity contribution < 1.29 is 0 Å². The summed E-state index contributed by atoms with van der Waals surface area (Å²) in [6, 6.07) is 19.4. The lowest BCUT2D eigenvalue weighted by molar-refractivity contribution is -0.0486. The van der Waals surface area contributed by atoms with Crippen LogP contribution >= 0.6 is 0 Å². The Morgan fingerprint density at radius 1 is 0.808 bits per heavy atom. The summed E-state index contributed by atoms with van der Waals surface area (Å²) in [7, 11) is 0. The maximum absolute atomic E-state index is 4.79. The first-order chi connectivity index (χ1) is 12.7. The predicted molar refractivity (Wildman–Crippen MR) is 107 cm³/mol. The van der Waals surface area contributed by atoms with Crippen molar-refractivity contribution in [1.29, 1.82) is 0 Å². The minimum atomic E-state index is 0.187. The van der Waals surface area contributed by atoms with Gasteiger partial charge in [0.25, 0.3) is 0 Å². The van der Waals surface area contributed by atoms with E-state index in [2.05, 4.69) is 60.4 Å². The molecule has 0 aromatic heterocycles. The van der Waals surface area contributed by atoms with Crippen LogP contribution in [0.25, 0.3) is 0 Å². The number of benzene rings is 2. The third-order valence-electron chi connectivity index (χ3n) is 8.12. The molecule has 4 aliphatic carbocycles. The Morgan fingerprint density at radius 2 is 1.38 bits per heavy atom. The van der Waals surface area contributed by atoms with Crippen molar-refractivity contribution in [3.8, 4) is 0 Å². The number of hydrogen-bond acceptors (Lipinski definition) is 1. The Kier molecular flexibility index (Phi) is 3.03. The van der Waals surface area contributed by atoms with Crippen molar-refractivity contribution in [2.24, 2.45) is 23.7 Å². The highest BCUT2D eigenvalue weighted by Gasteiger charge is 2.64. The fraction of sp³-hybridized carbons (Fsp3) is 0.440. The summed E-state index contributed by atoms with van der Waals surface area (Å²) in [6.07, 6.45) is 7.17. The number of para-hydroxylation sites is 2. The highest BCUT2D eigenvalue weighted by atomic mass is 15.2. The second-order valence-electron chi connectivity index (χ2n) is 9.26. The first kappa shape index (κ1) is 15.3. The monoisotopic (exact) mass is 341 g/mol. The summed E-state index contributed by atoms with van der Waals surface area (Å²) in [5.74, 6) is 3.55. The molecule has 1 heteroatoms. The van der Waals surface area contributed by atoms with Crippen LogP contribution in [0.5, 0.6) is 0 Å². The summed E-state index contributed by atoms with van der Waals surface area (Å²) in [6.45, 7) is 7.02. The molecule has 0 unspecified atom stereocenters. The van der Waals surface area contributed by atoms with Crippen molar-refractivity contribution in [3.63, 3.8) is 0 Å². The van der Waals surface area contributed by atoms with E-state index in [0.717, 1.165) is 23.7 Å². The van der Waals surface area contributed by atoms with Crippen LogP contribution in [0.1, 0.15) is 43.2 Å². The van der Waals surface area contributed by atoms with Crippen molar-refractivity contribution in [1.82, 2.24) is 0 Å². The third kappa shape index (κ3) is 1.73. The maximum Gasteiger partial charge on any atom is 0.0798 e. The van der Waals surface area contributed by atoms with Gasteiger partial charge in [0.2, 0.25) is 0 Å². The normalized spacial score (nSPS) is 37.5. The van der Waals surface area contributed by atoms with Crippen molar-refractivity contribution in [3.05, 3.63) is 72.6 Å². The minimum absolute atomic E-state index is 0.187. The van der Waals surface area contributed by atoms with Gasteiger partial charge in [-0.2, -0.15) is 0 Å². The molecular formula is C25H27N. The number of nitrogens with zero attached hydrogens (tertiary/aromatic N) is 1. The number of fused-ring (bicyclic) bond motifs is 1. The fourth-order valence-corrected chi connectivity index (χ4v) is 7.43. The average molecular weight is 341 g/mol. The fourth-order valence-electron chi connectivity index (χ4n) is 7.43. The van der Waals surface area contributed by atoms with Crippen LogP contribution < -0.4 is 4.90 Å². The second-order valence-corrected chi connectivity index (χ2v) is 9.26. The largest absolute Gasteiger partial charge is 0.331 e. The quantitative estimate of drug-likeness (QED) is 0.596. The second kappa shape index (κ2) is 5.15. The van der Waals surface area contributed by atoms with Gasteiger partial charge in [-0.1, -0.05) is 36.4 Å². The number of hydrogen-bond donors (Lipinski definition) is 0. The Hall–Kier alpha value is -1.76. The lowest BCUT2D eigenvalue weighted by atomic mass is 9.42. The molecule has 0 amide bonds. The van der Waals surface area contributed by atoms with E-state index in [1.165, 1.54) is 55.1 Å². The molecule has 7 rings (SSSR count). The Labute approximate surface area is 157 Å². The molecule has 132 valence electrons. The van der Waals surface area contributed by atoms with Gasteiger partial charge in [-0.05, 0) is 92.9 Å². The van der Waals surface area contributed by atoms with E-state index in [1.807, 2.05) is 0 Å². The zero-order valence-corrected chi connectivity index (χ0v) is 15.6. The molecule has 4 fully saturated rings. The van der Waals surface area contributed by atoms with Crippen LogP contribution in [0.4, 0.5) is 11.4 Å². The van der Waals surface area contributed by atoms with Crippen LogP contribution in [0.2, 0.25) is 0 Å². The highest BCUT2D eigenvalue weighted by molar-refractivity contribution is 5.80. The van der Waals surface area contributed by atoms with Gasteiger partial charge in [0.1, 0.15) is 0 Å². The Morgan fingerprint density at radius 3 is 2.04 bits per heavy atom. The Balaban J connectivity index is 1.57. The zero-order valence-electron chi connectivity index (χ0n) is 15.6. The van der Waals surface area contributed by atoms with E-state index in [4.69, 9.17) is 6.92 Å². The van der Waals surface area contributed by atoms with Crippen LogP contribution in [0.15, 0.2) is 48.5 Å². The molecule has 5 aliphatic rings. The molecule has 1 spiro atoms. The minimum Gasteiger partial charge on any atom is -0.331 e. The summed E-state index contributed by atoms with van der Waals surface area (Å²) >= 11 is 0. The van der Waals surface area contributed by atoms with Crippen LogP contribution in [-0.4, -0.2) is 0 Å². The van der Waals surface area contributed by atoms with Gasteiger partial charge in [-0.25, -0.2) is 0 Å². The van der Waals surface area contributed by atoms with Gasteiger partial charge in [-0.3, -0.25) is 0 Å². The standard InChI is InChI=1S/C25H27N/c1-16-7-3-5-9-23(16)26-17(2)25(22-8-4-6-10-24(22)26)20-12-18-11-19(14-20)15-21(25)13-18/h3-10,18-21H,2,11-15H2,1H3. The Bertz CT molecular complexity index is 838. The molecule has 4 saturated carbocycles. The van der Waals surface area contributed by atoms with E-state index in [-0.39, 0.29) is 5.41 Å². The van der Waals surface area contributed by atoms with Gasteiger partial charge in [0.15, 0.2) is 0 Å². The molecule has 2 aromatic rings. The van der Waals surface area contributed by atoms with Crippen molar-refractivity contribution in [2.75, 3.05) is 4.90 Å². The summed E-state index contributed by atoms with van der Waals surface area (Å²) in [5, 5.41) is 0. The molecule has 2 aromatic carbocycles. The van der Waals surface area contributed by atoms with E-state index >= 15 is 0 Å². The highest BCUT2D eigenvalue weighted by Crippen LogP contribution is 2.70. The number of rotatable bonds is 1. The zero-order chi connectivity index (χ0) is 17.5. The van der Waals surface area contributed by atoms with Crippen molar-refractivity contribution in [2.45, 2.75) is 44.4 Å². The lowest BCUT2D eigenvalue weighted by Gasteiger charge is -2.62. The summed E-state index contributed by atoms with van der Waals surface area (Å²) in [5.41, 5.74) is 5.80. The predicted octanol–water partition coefficient (Wildman–Crippen LogP) is 6.21. The van der Waals surface area contributed by atoms with Gasteiger partial charge >= 0.3 is 0 Å². The molecule has 2 radical (unpaired) electrons. The number of anilines is 2. The molecule has 0 saturated heterocycles. The van der Waals surface area contributed by atoms with Crippen molar-refractivity contribution >= 4 is 11.4 Å². The van der Waals surface area contributed by atoms with Gasteiger partial charge in [0.05, 0.1) is 6.04 Å². The maximum atomic E-state index is 4.79. The molecule has 26 heavy (non-hydrogen) atoms. The average Bonchev–Trinajstić information content (AvgIpc) is 2.89. The molecule has 0 atom stereocenters. The van der Waals surface area contributed by atoms with E-state index in [1.54, 1.807) is 5.56 Å². The lowest BCUT2D eigenvalue weighted by Crippen LogP contribution is -2.57. The first-order valence-electron chi connectivity index (χ1n) is 10.3. The topological polar surface area (TPSA) is 3.24 Å². The van der Waals surface area contributed by atoms with Crippen LogP contribution in [0.3, 0.4) is 0 Å². The first-order valence-corrected chi connectivity index (χ1v) is 10.3. The summed E-state index contributed by atoms with van der Waals surface area (Å²) < 4.78 is 0. The van der Waals surface area contributed by atoms with Crippen LogP contribution in [0, 0.1) is 43.6 Å². The van der Waals surface area contributed by atoms with E-state index in [0.29, 0.717) is 0 Å². The summed E-state index contributed by atoms with van der Waals surface area (Å²) in [4.78, 5) is 2.51.